The van der Waals surface area contributed by atoms with Gasteiger partial charge in [0.05, 0.1) is 30.1 Å². The molecule has 2 aliphatic rings. The van der Waals surface area contributed by atoms with E-state index in [2.05, 4.69) is 5.32 Å². The normalized spacial score (nSPS) is 12.9. The van der Waals surface area contributed by atoms with E-state index in [0.29, 0.717) is 58.2 Å². The monoisotopic (exact) mass is 483 g/mol. The number of anilines is 1. The van der Waals surface area contributed by atoms with Crippen LogP contribution in [0.3, 0.4) is 0 Å². The van der Waals surface area contributed by atoms with E-state index in [-0.39, 0.29) is 25.4 Å². The lowest BCUT2D eigenvalue weighted by Gasteiger charge is -2.14. The predicted octanol–water partition coefficient (Wildman–Crippen LogP) is 3.28. The molecule has 36 heavy (non-hydrogen) atoms. The van der Waals surface area contributed by atoms with E-state index in [1.54, 1.807) is 4.57 Å². The highest BCUT2D eigenvalue weighted by atomic mass is 16.7. The fourth-order valence-corrected chi connectivity index (χ4v) is 5.01. The van der Waals surface area contributed by atoms with Gasteiger partial charge >= 0.3 is 0 Å². The number of carbonyl (C=O) groups is 2. The Morgan fingerprint density at radius 2 is 1.89 bits per heavy atom. The Morgan fingerprint density at radius 1 is 1.11 bits per heavy atom. The molecule has 4 heterocycles. The van der Waals surface area contributed by atoms with Crippen molar-refractivity contribution in [2.24, 2.45) is 0 Å². The second-order valence-electron chi connectivity index (χ2n) is 8.60. The molecular formula is C27H21N3O6. The van der Waals surface area contributed by atoms with Crippen molar-refractivity contribution >= 4 is 29.3 Å². The van der Waals surface area contributed by atoms with Gasteiger partial charge in [-0.1, -0.05) is 12.1 Å². The largest absolute Gasteiger partial charge is 0.454 e. The molecule has 180 valence electrons. The standard InChI is InChI=1S/C27H21N3O6/c1-34-12-20-16(6-7-31)8-22-26-19(11-30(22)27(20)33)25(15-2-4-17(5-3-15)28-13-32)18-9-23-24(36-14-35-23)10-21(18)29-26/h2-5,7-10,13H,6,11-12,14H2,1H3,(H,28,32). The van der Waals surface area contributed by atoms with E-state index in [1.807, 2.05) is 42.5 Å². The SMILES string of the molecule is COCc1c(CC=O)cc2n(c1=O)Cc1c-2nc2cc3c(cc2c1-c1ccc(NC=O)cc1)OCO3. The summed E-state index contributed by atoms with van der Waals surface area (Å²) < 4.78 is 18.2. The summed E-state index contributed by atoms with van der Waals surface area (Å²) in [5.41, 5.74) is 6.32. The van der Waals surface area contributed by atoms with Crippen LogP contribution in [0, 0.1) is 0 Å². The van der Waals surface area contributed by atoms with Crippen LogP contribution in [0.5, 0.6) is 11.5 Å². The van der Waals surface area contributed by atoms with Gasteiger partial charge in [-0.05, 0) is 41.0 Å². The summed E-state index contributed by atoms with van der Waals surface area (Å²) in [6.45, 7) is 0.582. The number of rotatable bonds is 7. The summed E-state index contributed by atoms with van der Waals surface area (Å²) >= 11 is 0. The van der Waals surface area contributed by atoms with Crippen molar-refractivity contribution in [3.63, 3.8) is 0 Å². The van der Waals surface area contributed by atoms with E-state index in [1.165, 1.54) is 7.11 Å². The highest BCUT2D eigenvalue weighted by Gasteiger charge is 2.29. The Morgan fingerprint density at radius 3 is 2.61 bits per heavy atom. The number of nitrogens with zero attached hydrogens (tertiary/aromatic N) is 2. The number of methoxy groups -OCH3 is 1. The smallest absolute Gasteiger partial charge is 0.257 e. The fourth-order valence-electron chi connectivity index (χ4n) is 5.01. The first kappa shape index (κ1) is 22.0. The second-order valence-corrected chi connectivity index (χ2v) is 8.60. The molecule has 0 aliphatic carbocycles. The van der Waals surface area contributed by atoms with Crippen molar-refractivity contribution in [3.8, 4) is 34.0 Å². The van der Waals surface area contributed by atoms with E-state index in [9.17, 15) is 14.4 Å². The zero-order valence-electron chi connectivity index (χ0n) is 19.4. The number of hydrogen-bond acceptors (Lipinski definition) is 7. The molecule has 1 N–H and O–H groups in total. The molecule has 0 bridgehead atoms. The van der Waals surface area contributed by atoms with Gasteiger partial charge in [-0.2, -0.15) is 0 Å². The number of amides is 1. The number of pyridine rings is 2. The number of aromatic nitrogens is 2. The van der Waals surface area contributed by atoms with E-state index >= 15 is 0 Å². The molecule has 4 aromatic rings. The highest BCUT2D eigenvalue weighted by molar-refractivity contribution is 6.01. The van der Waals surface area contributed by atoms with Gasteiger partial charge in [0.15, 0.2) is 11.5 Å². The second kappa shape index (κ2) is 8.62. The minimum Gasteiger partial charge on any atom is -0.454 e. The Hall–Kier alpha value is -4.50. The number of benzene rings is 2. The van der Waals surface area contributed by atoms with Crippen LogP contribution >= 0.6 is 0 Å². The van der Waals surface area contributed by atoms with Crippen LogP contribution in [-0.4, -0.2) is 36.2 Å². The zero-order chi connectivity index (χ0) is 24.8. The van der Waals surface area contributed by atoms with Crippen molar-refractivity contribution < 1.29 is 23.8 Å². The maximum absolute atomic E-state index is 13.5. The zero-order valence-corrected chi connectivity index (χ0v) is 19.4. The van der Waals surface area contributed by atoms with Gasteiger partial charge in [-0.3, -0.25) is 9.59 Å². The molecule has 6 rings (SSSR count). The lowest BCUT2D eigenvalue weighted by Crippen LogP contribution is -2.25. The number of fused-ring (bicyclic) bond motifs is 5. The molecule has 0 saturated heterocycles. The van der Waals surface area contributed by atoms with Crippen LogP contribution in [0.2, 0.25) is 0 Å². The summed E-state index contributed by atoms with van der Waals surface area (Å²) in [6.07, 6.45) is 1.53. The van der Waals surface area contributed by atoms with Gasteiger partial charge in [0.25, 0.3) is 5.56 Å². The van der Waals surface area contributed by atoms with Crippen molar-refractivity contribution in [3.05, 3.63) is 69.5 Å². The van der Waals surface area contributed by atoms with Gasteiger partial charge in [0.1, 0.15) is 6.29 Å². The van der Waals surface area contributed by atoms with Crippen LogP contribution in [-0.2, 0) is 33.9 Å². The van der Waals surface area contributed by atoms with Gasteiger partial charge < -0.3 is 28.9 Å². The average molecular weight is 483 g/mol. The van der Waals surface area contributed by atoms with Crippen LogP contribution in [0.1, 0.15) is 16.7 Å². The molecule has 1 amide bonds. The maximum atomic E-state index is 13.5. The molecule has 2 aromatic heterocycles. The number of hydrogen-bond donors (Lipinski definition) is 1. The lowest BCUT2D eigenvalue weighted by atomic mass is 9.94. The third-order valence-corrected chi connectivity index (χ3v) is 6.62. The Kier molecular flexibility index (Phi) is 5.26. The minimum atomic E-state index is -0.195. The minimum absolute atomic E-state index is 0.113. The quantitative estimate of drug-likeness (QED) is 0.354. The number of aldehydes is 1. The van der Waals surface area contributed by atoms with E-state index in [4.69, 9.17) is 19.2 Å². The van der Waals surface area contributed by atoms with Crippen molar-refractivity contribution in [2.75, 3.05) is 19.2 Å². The van der Waals surface area contributed by atoms with Crippen LogP contribution in [0.15, 0.2) is 47.3 Å². The van der Waals surface area contributed by atoms with Crippen molar-refractivity contribution in [1.29, 1.82) is 0 Å². The first-order valence-electron chi connectivity index (χ1n) is 11.4. The molecule has 0 saturated carbocycles. The molecule has 2 aliphatic heterocycles. The fraction of sp³-hybridized carbons (Fsp3) is 0.185. The molecule has 9 heteroatoms. The van der Waals surface area contributed by atoms with Crippen molar-refractivity contribution in [2.45, 2.75) is 19.6 Å². The highest BCUT2D eigenvalue weighted by Crippen LogP contribution is 2.45. The van der Waals surface area contributed by atoms with E-state index in [0.717, 1.165) is 28.4 Å². The lowest BCUT2D eigenvalue weighted by molar-refractivity contribution is -0.107. The average Bonchev–Trinajstić information content (AvgIpc) is 3.49. The molecule has 0 spiro atoms. The maximum Gasteiger partial charge on any atom is 0.257 e. The molecule has 0 radical (unpaired) electrons. The van der Waals surface area contributed by atoms with Crippen LogP contribution in [0.4, 0.5) is 5.69 Å². The van der Waals surface area contributed by atoms with Gasteiger partial charge in [-0.25, -0.2) is 4.98 Å². The van der Waals surface area contributed by atoms with Crippen molar-refractivity contribution in [1.82, 2.24) is 9.55 Å². The van der Waals surface area contributed by atoms with Crippen LogP contribution in [0.25, 0.3) is 33.4 Å². The molecule has 0 fully saturated rings. The molecule has 9 nitrogen and oxygen atoms in total. The molecule has 2 aromatic carbocycles. The van der Waals surface area contributed by atoms with Gasteiger partial charge in [0, 0.05) is 41.8 Å². The molecule has 0 unspecified atom stereocenters. The molecular weight excluding hydrogens is 462 g/mol. The summed E-state index contributed by atoms with van der Waals surface area (Å²) in [5.74, 6) is 1.24. The third kappa shape index (κ3) is 3.36. The van der Waals surface area contributed by atoms with Gasteiger partial charge in [0.2, 0.25) is 13.2 Å². The Bertz CT molecular complexity index is 1610. The predicted molar refractivity (Wildman–Crippen MR) is 132 cm³/mol. The summed E-state index contributed by atoms with van der Waals surface area (Å²) in [5, 5.41) is 3.51. The first-order valence-corrected chi connectivity index (χ1v) is 11.4. The summed E-state index contributed by atoms with van der Waals surface area (Å²) in [4.78, 5) is 40.7. The van der Waals surface area contributed by atoms with Crippen LogP contribution < -0.4 is 20.3 Å². The molecule has 0 atom stereocenters. The number of carbonyl (C=O) groups excluding carboxylic acids is 2. The number of ether oxygens (including phenoxy) is 3. The van der Waals surface area contributed by atoms with Gasteiger partial charge in [-0.15, -0.1) is 0 Å². The summed E-state index contributed by atoms with van der Waals surface area (Å²) in [6, 6.07) is 13.1. The number of nitrogens with one attached hydrogen (secondary N) is 1. The van der Waals surface area contributed by atoms with E-state index < -0.39 is 0 Å². The Balaban J connectivity index is 1.64. The topological polar surface area (TPSA) is 109 Å². The third-order valence-electron chi connectivity index (χ3n) is 6.62. The first-order chi connectivity index (χ1) is 17.6. The Labute approximate surface area is 205 Å². The summed E-state index contributed by atoms with van der Waals surface area (Å²) in [7, 11) is 1.52.